The van der Waals surface area contributed by atoms with Crippen LogP contribution in [0.4, 0.5) is 0 Å². The van der Waals surface area contributed by atoms with Crippen LogP contribution in [0.5, 0.6) is 0 Å². The number of quaternary nitrogens is 1. The van der Waals surface area contributed by atoms with Crippen molar-refractivity contribution >= 4 is 0 Å². The van der Waals surface area contributed by atoms with Crippen LogP contribution in [0.25, 0.3) is 0 Å². The van der Waals surface area contributed by atoms with Gasteiger partial charge in [0.15, 0.2) is 0 Å². The highest BCUT2D eigenvalue weighted by Crippen LogP contribution is 2.40. The number of piperidine rings is 1. The molecule has 0 spiro atoms. The van der Waals surface area contributed by atoms with Crippen LogP contribution >= 0.6 is 0 Å². The largest absolute Gasteiger partial charge is 0.389 e. The van der Waals surface area contributed by atoms with E-state index in [2.05, 4.69) is 97.2 Å². The fourth-order valence-corrected chi connectivity index (χ4v) is 4.57. The molecule has 0 bridgehead atoms. The number of benzene rings is 3. The third-order valence-corrected chi connectivity index (χ3v) is 6.16. The molecule has 3 aromatic rings. The average Bonchev–Trinajstić information content (AvgIpc) is 2.72. The number of hydrogen-bond acceptors (Lipinski definition) is 1. The van der Waals surface area contributed by atoms with Crippen LogP contribution in [0.2, 0.25) is 0 Å². The van der Waals surface area contributed by atoms with Crippen molar-refractivity contribution in [1.82, 2.24) is 0 Å². The number of nitrogens with two attached hydrogens (primary N) is 1. The summed E-state index contributed by atoms with van der Waals surface area (Å²) in [5.41, 5.74) is 3.04. The maximum absolute atomic E-state index is 11.8. The summed E-state index contributed by atoms with van der Waals surface area (Å²) in [4.78, 5) is 0. The van der Waals surface area contributed by atoms with E-state index in [0.29, 0.717) is 6.42 Å². The van der Waals surface area contributed by atoms with Gasteiger partial charge in [0.2, 0.25) is 0 Å². The van der Waals surface area contributed by atoms with Crippen molar-refractivity contribution in [3.63, 3.8) is 0 Å². The van der Waals surface area contributed by atoms with E-state index in [0.717, 1.165) is 6.42 Å². The second kappa shape index (κ2) is 7.67. The van der Waals surface area contributed by atoms with Crippen molar-refractivity contribution in [3.8, 4) is 0 Å². The molecule has 2 nitrogen and oxygen atoms in total. The van der Waals surface area contributed by atoms with E-state index in [9.17, 15) is 5.11 Å². The first-order valence-corrected chi connectivity index (χ1v) is 9.87. The Morgan fingerprint density at radius 2 is 1.33 bits per heavy atom. The van der Waals surface area contributed by atoms with Gasteiger partial charge in [0.05, 0.1) is 5.60 Å². The third-order valence-electron chi connectivity index (χ3n) is 6.16. The van der Waals surface area contributed by atoms with E-state index in [1.165, 1.54) is 16.7 Å². The smallest absolute Gasteiger partial charge is 0.117 e. The normalized spacial score (nSPS) is 28.0. The van der Waals surface area contributed by atoms with Gasteiger partial charge in [0, 0.05) is 29.9 Å². The predicted octanol–water partition coefficient (Wildman–Crippen LogP) is 4.05. The molecule has 138 valence electrons. The summed E-state index contributed by atoms with van der Waals surface area (Å²) in [6.45, 7) is 2.21. The van der Waals surface area contributed by atoms with Crippen molar-refractivity contribution in [3.05, 3.63) is 108 Å². The minimum absolute atomic E-state index is 0.153. The maximum Gasteiger partial charge on any atom is 0.117 e. The summed E-state index contributed by atoms with van der Waals surface area (Å²) in [6.07, 6.45) is 1.45. The van der Waals surface area contributed by atoms with Crippen molar-refractivity contribution < 1.29 is 10.4 Å². The van der Waals surface area contributed by atoms with Crippen LogP contribution in [-0.2, 0) is 6.42 Å². The second-order valence-electron chi connectivity index (χ2n) is 7.90. The Bertz CT molecular complexity index is 849. The molecule has 1 aliphatic rings. The lowest BCUT2D eigenvalue weighted by molar-refractivity contribution is -0.756. The molecule has 0 saturated carbocycles. The Labute approximate surface area is 161 Å². The van der Waals surface area contributed by atoms with Crippen LogP contribution in [-0.4, -0.2) is 10.7 Å². The number of rotatable bonds is 4. The fourth-order valence-electron chi connectivity index (χ4n) is 4.57. The Hall–Kier alpha value is -2.42. The summed E-state index contributed by atoms with van der Waals surface area (Å²) in [5.74, 6) is 0.153. The van der Waals surface area contributed by atoms with Gasteiger partial charge in [-0.25, -0.2) is 0 Å². The van der Waals surface area contributed by atoms with Gasteiger partial charge in [-0.15, -0.1) is 0 Å². The van der Waals surface area contributed by atoms with Crippen molar-refractivity contribution in [2.45, 2.75) is 37.5 Å². The molecule has 0 aliphatic carbocycles. The predicted molar refractivity (Wildman–Crippen MR) is 109 cm³/mol. The molecule has 3 N–H and O–H groups in total. The quantitative estimate of drug-likeness (QED) is 0.725. The monoisotopic (exact) mass is 358 g/mol. The molecule has 1 fully saturated rings. The molecule has 1 heterocycles. The Kier molecular flexibility index (Phi) is 5.11. The lowest BCUT2D eigenvalue weighted by Crippen LogP contribution is -2.91. The van der Waals surface area contributed by atoms with E-state index >= 15 is 0 Å². The molecular formula is C25H28NO+. The topological polar surface area (TPSA) is 36.8 Å². The highest BCUT2D eigenvalue weighted by Gasteiger charge is 2.48. The van der Waals surface area contributed by atoms with E-state index in [-0.39, 0.29) is 18.0 Å². The molecule has 2 heteroatoms. The van der Waals surface area contributed by atoms with E-state index < -0.39 is 5.60 Å². The van der Waals surface area contributed by atoms with Crippen LogP contribution in [0, 0.1) is 5.92 Å². The summed E-state index contributed by atoms with van der Waals surface area (Å²) in [7, 11) is 0. The molecule has 27 heavy (non-hydrogen) atoms. The minimum atomic E-state index is -0.739. The van der Waals surface area contributed by atoms with Crippen molar-refractivity contribution in [1.29, 1.82) is 0 Å². The third kappa shape index (κ3) is 3.83. The second-order valence-corrected chi connectivity index (χ2v) is 7.90. The van der Waals surface area contributed by atoms with Crippen LogP contribution < -0.4 is 5.32 Å². The van der Waals surface area contributed by atoms with Gasteiger partial charge >= 0.3 is 0 Å². The lowest BCUT2D eigenvalue weighted by Gasteiger charge is -2.45. The van der Waals surface area contributed by atoms with Gasteiger partial charge in [-0.05, 0) is 5.56 Å². The first-order valence-electron chi connectivity index (χ1n) is 9.87. The lowest BCUT2D eigenvalue weighted by atomic mass is 9.69. The van der Waals surface area contributed by atoms with Crippen molar-refractivity contribution in [2.24, 2.45) is 5.92 Å². The molecule has 3 aromatic carbocycles. The Balaban J connectivity index is 1.70. The van der Waals surface area contributed by atoms with Gasteiger partial charge in [-0.2, -0.15) is 0 Å². The Morgan fingerprint density at radius 1 is 0.815 bits per heavy atom. The molecule has 4 rings (SSSR count). The highest BCUT2D eigenvalue weighted by atomic mass is 16.3. The molecule has 4 unspecified atom stereocenters. The van der Waals surface area contributed by atoms with Gasteiger partial charge in [-0.3, -0.25) is 0 Å². The van der Waals surface area contributed by atoms with Crippen LogP contribution in [0.15, 0.2) is 91.0 Å². The standard InChI is InChI=1S/C25H27NO/c1-19-24(22-15-9-4-10-16-22)26-23(21-13-7-3-8-14-21)18-25(19,27)17-20-11-5-2-6-12-20/h2-16,19,23-24,26-27H,17-18H2,1H3/p+1. The first kappa shape index (κ1) is 18.0. The molecule has 4 atom stereocenters. The van der Waals surface area contributed by atoms with Gasteiger partial charge in [0.1, 0.15) is 12.1 Å². The number of aliphatic hydroxyl groups is 1. The molecule has 0 amide bonds. The zero-order valence-electron chi connectivity index (χ0n) is 15.8. The van der Waals surface area contributed by atoms with Crippen molar-refractivity contribution in [2.75, 3.05) is 0 Å². The van der Waals surface area contributed by atoms with Crippen LogP contribution in [0.1, 0.15) is 42.1 Å². The highest BCUT2D eigenvalue weighted by molar-refractivity contribution is 5.25. The summed E-state index contributed by atoms with van der Waals surface area (Å²) in [6, 6.07) is 32.1. The minimum Gasteiger partial charge on any atom is -0.389 e. The average molecular weight is 359 g/mol. The van der Waals surface area contributed by atoms with E-state index in [4.69, 9.17) is 0 Å². The first-order chi connectivity index (χ1) is 13.2. The molecule has 0 aromatic heterocycles. The Morgan fingerprint density at radius 3 is 1.93 bits per heavy atom. The molecular weight excluding hydrogens is 330 g/mol. The van der Waals surface area contributed by atoms with Gasteiger partial charge < -0.3 is 10.4 Å². The maximum atomic E-state index is 11.8. The van der Waals surface area contributed by atoms with Gasteiger partial charge in [0.25, 0.3) is 0 Å². The zero-order chi connectivity index (χ0) is 18.7. The molecule has 0 radical (unpaired) electrons. The fraction of sp³-hybridized carbons (Fsp3) is 0.280. The summed E-state index contributed by atoms with van der Waals surface area (Å²) >= 11 is 0. The SMILES string of the molecule is CC1C(c2ccccc2)[NH2+]C(c2ccccc2)CC1(O)Cc1ccccc1. The van der Waals surface area contributed by atoms with E-state index in [1.807, 2.05) is 6.07 Å². The van der Waals surface area contributed by atoms with Crippen LogP contribution in [0.3, 0.4) is 0 Å². The van der Waals surface area contributed by atoms with E-state index in [1.54, 1.807) is 0 Å². The molecule has 1 saturated heterocycles. The molecule has 1 aliphatic heterocycles. The number of hydrogen-bond donors (Lipinski definition) is 2. The van der Waals surface area contributed by atoms with Gasteiger partial charge in [-0.1, -0.05) is 97.9 Å². The zero-order valence-corrected chi connectivity index (χ0v) is 15.8. The summed E-state index contributed by atoms with van der Waals surface area (Å²) < 4.78 is 0. The summed E-state index contributed by atoms with van der Waals surface area (Å²) in [5, 5.41) is 14.3.